The zero-order chi connectivity index (χ0) is 20.5. The smallest absolute Gasteiger partial charge is 0.289 e. The van der Waals surface area contributed by atoms with Gasteiger partial charge in [0.05, 0.1) is 16.0 Å². The number of rotatable bonds is 3. The molecule has 5 nitrogen and oxygen atoms in total. The van der Waals surface area contributed by atoms with Crippen LogP contribution in [0.1, 0.15) is 11.1 Å². The van der Waals surface area contributed by atoms with Gasteiger partial charge in [-0.05, 0) is 54.6 Å². The topological polar surface area (TPSA) is 67.5 Å². The third-order valence-corrected chi connectivity index (χ3v) is 5.58. The molecule has 1 N–H and O–H groups in total. The van der Waals surface area contributed by atoms with Crippen molar-refractivity contribution in [2.24, 2.45) is 4.99 Å². The van der Waals surface area contributed by atoms with Gasteiger partial charge in [0.1, 0.15) is 11.4 Å². The van der Waals surface area contributed by atoms with Gasteiger partial charge in [-0.25, -0.2) is 4.99 Å². The molecule has 0 saturated carbocycles. The quantitative estimate of drug-likeness (QED) is 0.428. The van der Waals surface area contributed by atoms with Crippen molar-refractivity contribution in [2.45, 2.75) is 6.92 Å². The lowest BCUT2D eigenvalue weighted by Gasteiger charge is -2.01. The normalized spacial score (nSPS) is 16.5. The number of nitrogens with one attached hydrogen (secondary N) is 1. The van der Waals surface area contributed by atoms with Crippen LogP contribution < -0.4 is 5.32 Å². The molecule has 30 heavy (non-hydrogen) atoms. The summed E-state index contributed by atoms with van der Waals surface area (Å²) in [6.07, 6.45) is 1.96. The number of amidine groups is 1. The van der Waals surface area contributed by atoms with Crippen LogP contribution in [0.3, 0.4) is 0 Å². The minimum atomic E-state index is -0.136. The lowest BCUT2D eigenvalue weighted by Crippen LogP contribution is -2.18. The number of hydrogen-bond acceptors (Lipinski definition) is 5. The number of hydrogen-bond donors (Lipinski definition) is 1. The van der Waals surface area contributed by atoms with Crippen LogP contribution in [0.15, 0.2) is 87.2 Å². The number of aryl methyl sites for hydroxylation is 1. The highest BCUT2D eigenvalue weighted by Crippen LogP contribution is 2.32. The molecule has 0 unspecified atom stereocenters. The number of nitrogens with zero attached hydrogens (tertiary/aromatic N) is 2. The van der Waals surface area contributed by atoms with E-state index in [2.05, 4.69) is 15.5 Å². The molecule has 0 spiro atoms. The lowest BCUT2D eigenvalue weighted by molar-refractivity contribution is 0.265. The Labute approximate surface area is 177 Å². The first-order chi connectivity index (χ1) is 14.7. The maximum atomic E-state index is 12.0. The van der Waals surface area contributed by atoms with Crippen LogP contribution in [0.4, 0.5) is 10.5 Å². The summed E-state index contributed by atoms with van der Waals surface area (Å²) in [7, 11) is 0. The summed E-state index contributed by atoms with van der Waals surface area (Å²) in [6.45, 7) is 2.03. The number of amides is 1. The van der Waals surface area contributed by atoms with Gasteiger partial charge in [-0.2, -0.15) is 0 Å². The molecule has 0 aliphatic carbocycles. The molecule has 1 aliphatic rings. The van der Waals surface area contributed by atoms with Crippen LogP contribution in [0.2, 0.25) is 0 Å². The van der Waals surface area contributed by atoms with E-state index in [9.17, 15) is 4.79 Å². The summed E-state index contributed by atoms with van der Waals surface area (Å²) in [5, 5.41) is 7.79. The SMILES string of the molecule is Cc1ccc(N=C2NC(=O)S/C2=C\c2ccc3noc(-c4ccccc4)c3c2)cc1. The van der Waals surface area contributed by atoms with Gasteiger partial charge < -0.3 is 9.84 Å². The highest BCUT2D eigenvalue weighted by molar-refractivity contribution is 8.18. The summed E-state index contributed by atoms with van der Waals surface area (Å²) < 4.78 is 5.59. The van der Waals surface area contributed by atoms with Crippen molar-refractivity contribution in [3.05, 3.63) is 88.8 Å². The van der Waals surface area contributed by atoms with Crippen LogP contribution in [-0.4, -0.2) is 16.2 Å². The van der Waals surface area contributed by atoms with Crippen LogP contribution in [-0.2, 0) is 0 Å². The molecule has 4 aromatic rings. The number of thioether (sulfide) groups is 1. The number of carbonyl (C=O) groups is 1. The van der Waals surface area contributed by atoms with Crippen molar-refractivity contribution >= 4 is 45.5 Å². The van der Waals surface area contributed by atoms with E-state index in [1.54, 1.807) is 0 Å². The lowest BCUT2D eigenvalue weighted by atomic mass is 10.1. The van der Waals surface area contributed by atoms with E-state index in [-0.39, 0.29) is 5.24 Å². The summed E-state index contributed by atoms with van der Waals surface area (Å²) in [5.41, 5.74) is 4.66. The fourth-order valence-corrected chi connectivity index (χ4v) is 4.00. The number of fused-ring (bicyclic) bond motifs is 1. The standard InChI is InChI=1S/C24H17N3O2S/c1-15-7-10-18(11-8-15)25-23-21(30-24(28)26-23)14-16-9-12-20-19(13-16)22(29-27-20)17-5-3-2-4-6-17/h2-14H,1H3,(H,25,26,28)/b21-14-. The summed E-state index contributed by atoms with van der Waals surface area (Å²) in [6, 6.07) is 23.7. The Kier molecular flexibility index (Phi) is 4.69. The van der Waals surface area contributed by atoms with E-state index in [0.717, 1.165) is 55.7 Å². The van der Waals surface area contributed by atoms with E-state index < -0.39 is 0 Å². The molecule has 1 aliphatic heterocycles. The highest BCUT2D eigenvalue weighted by atomic mass is 32.2. The molecule has 6 heteroatoms. The zero-order valence-corrected chi connectivity index (χ0v) is 16.9. The molecule has 0 radical (unpaired) electrons. The Morgan fingerprint density at radius 1 is 1.03 bits per heavy atom. The van der Waals surface area contributed by atoms with Gasteiger partial charge in [-0.1, -0.05) is 59.3 Å². The number of aromatic nitrogens is 1. The van der Waals surface area contributed by atoms with Crippen molar-refractivity contribution in [2.75, 3.05) is 0 Å². The number of benzene rings is 3. The predicted molar refractivity (Wildman–Crippen MR) is 122 cm³/mol. The van der Waals surface area contributed by atoms with E-state index in [4.69, 9.17) is 4.52 Å². The third-order valence-electron chi connectivity index (χ3n) is 4.77. The molecule has 146 valence electrons. The second-order valence-electron chi connectivity index (χ2n) is 6.97. The van der Waals surface area contributed by atoms with Crippen LogP contribution in [0.25, 0.3) is 28.3 Å². The zero-order valence-electron chi connectivity index (χ0n) is 16.1. The molecular weight excluding hydrogens is 394 g/mol. The van der Waals surface area contributed by atoms with Gasteiger partial charge in [0.2, 0.25) is 0 Å². The maximum absolute atomic E-state index is 12.0. The van der Waals surface area contributed by atoms with Gasteiger partial charge in [0.25, 0.3) is 5.24 Å². The number of aliphatic imine (C=N–C) groups is 1. The third kappa shape index (κ3) is 3.65. The highest BCUT2D eigenvalue weighted by Gasteiger charge is 2.23. The Morgan fingerprint density at radius 3 is 2.63 bits per heavy atom. The van der Waals surface area contributed by atoms with Crippen molar-refractivity contribution < 1.29 is 9.32 Å². The van der Waals surface area contributed by atoms with Crippen LogP contribution in [0, 0.1) is 6.92 Å². The molecule has 1 saturated heterocycles. The summed E-state index contributed by atoms with van der Waals surface area (Å²) >= 11 is 1.14. The molecule has 2 heterocycles. The largest absolute Gasteiger partial charge is 0.355 e. The molecule has 5 rings (SSSR count). The minimum Gasteiger partial charge on any atom is -0.355 e. The molecule has 1 fully saturated rings. The van der Waals surface area contributed by atoms with Crippen LogP contribution in [0.5, 0.6) is 0 Å². The molecule has 3 aromatic carbocycles. The first-order valence-electron chi connectivity index (χ1n) is 9.47. The van der Waals surface area contributed by atoms with Crippen molar-refractivity contribution in [3.8, 4) is 11.3 Å². The minimum absolute atomic E-state index is 0.136. The van der Waals surface area contributed by atoms with Gasteiger partial charge in [-0.15, -0.1) is 0 Å². The Morgan fingerprint density at radius 2 is 1.83 bits per heavy atom. The molecule has 0 atom stereocenters. The predicted octanol–water partition coefficient (Wildman–Crippen LogP) is 6.33. The van der Waals surface area contributed by atoms with Gasteiger partial charge in [0.15, 0.2) is 5.76 Å². The monoisotopic (exact) mass is 411 g/mol. The van der Waals surface area contributed by atoms with Gasteiger partial charge in [-0.3, -0.25) is 4.79 Å². The molecule has 1 aromatic heterocycles. The second kappa shape index (κ2) is 7.65. The van der Waals surface area contributed by atoms with E-state index >= 15 is 0 Å². The fourth-order valence-electron chi connectivity index (χ4n) is 3.26. The Bertz CT molecular complexity index is 1310. The first kappa shape index (κ1) is 18.4. The maximum Gasteiger partial charge on any atom is 0.289 e. The Hall–Kier alpha value is -3.64. The van der Waals surface area contributed by atoms with E-state index in [0.29, 0.717) is 5.84 Å². The Balaban J connectivity index is 1.54. The average Bonchev–Trinajstić information content (AvgIpc) is 3.33. The average molecular weight is 411 g/mol. The second-order valence-corrected chi connectivity index (χ2v) is 7.99. The first-order valence-corrected chi connectivity index (χ1v) is 10.3. The van der Waals surface area contributed by atoms with Crippen LogP contribution >= 0.6 is 11.8 Å². The van der Waals surface area contributed by atoms with E-state index in [1.165, 1.54) is 0 Å². The fraction of sp³-hybridized carbons (Fsp3) is 0.0417. The van der Waals surface area contributed by atoms with Crippen molar-refractivity contribution in [1.29, 1.82) is 0 Å². The molecule has 1 amide bonds. The van der Waals surface area contributed by atoms with Gasteiger partial charge >= 0.3 is 0 Å². The summed E-state index contributed by atoms with van der Waals surface area (Å²) in [4.78, 5) is 17.4. The van der Waals surface area contributed by atoms with Gasteiger partial charge in [0, 0.05) is 5.56 Å². The van der Waals surface area contributed by atoms with E-state index in [1.807, 2.05) is 85.8 Å². The molecule has 0 bridgehead atoms. The number of carbonyl (C=O) groups excluding carboxylic acids is 1. The van der Waals surface area contributed by atoms with Crippen molar-refractivity contribution in [3.63, 3.8) is 0 Å². The summed E-state index contributed by atoms with van der Waals surface area (Å²) in [5.74, 6) is 1.29. The molecular formula is C24H17N3O2S. The van der Waals surface area contributed by atoms with Crippen molar-refractivity contribution in [1.82, 2.24) is 10.5 Å².